The van der Waals surface area contributed by atoms with Gasteiger partial charge >= 0.3 is 0 Å². The van der Waals surface area contributed by atoms with Crippen molar-refractivity contribution in [1.29, 1.82) is 0 Å². The molecule has 0 unspecified atom stereocenters. The maximum atomic E-state index is 4.31. The summed E-state index contributed by atoms with van der Waals surface area (Å²) in [4.78, 5) is 0. The van der Waals surface area contributed by atoms with Crippen molar-refractivity contribution in [1.82, 2.24) is 0 Å². The second kappa shape index (κ2) is 6.66. The van der Waals surface area contributed by atoms with Crippen molar-refractivity contribution in [2.24, 2.45) is 4.76 Å². The lowest BCUT2D eigenvalue weighted by molar-refractivity contribution is 1.72. The van der Waals surface area contributed by atoms with E-state index in [4.69, 9.17) is 0 Å². The van der Waals surface area contributed by atoms with Crippen LogP contribution in [0.5, 0.6) is 0 Å². The van der Waals surface area contributed by atoms with E-state index in [1.165, 1.54) is 0 Å². The van der Waals surface area contributed by atoms with Crippen LogP contribution in [0.3, 0.4) is 0 Å². The molecule has 0 atom stereocenters. The monoisotopic (exact) mass is 173 g/mol. The molecule has 0 aliphatic carbocycles. The Morgan fingerprint density at radius 2 is 0.750 bits per heavy atom. The highest BCUT2D eigenvalue weighted by molar-refractivity contribution is 9.07. The molecule has 0 heterocycles. The Labute approximate surface area is 57.9 Å². The lowest BCUT2D eigenvalue weighted by Gasteiger charge is -1.69. The number of halogens is 1. The molecular weight excluding hydrogens is 166 g/mol. The van der Waals surface area contributed by atoms with Crippen LogP contribution in [0.25, 0.3) is 0 Å². The van der Waals surface area contributed by atoms with Crippen LogP contribution < -0.4 is 4.76 Å². The van der Waals surface area contributed by atoms with Gasteiger partial charge in [0.15, 0.2) is 0 Å². The first-order valence-corrected chi connectivity index (χ1v) is 3.13. The number of rotatable bonds is 0. The molecule has 0 saturated carbocycles. The molecule has 0 amide bonds. The zero-order valence-corrected chi connectivity index (χ0v) is 6.01. The summed E-state index contributed by atoms with van der Waals surface area (Å²) < 4.78 is 4.31. The Bertz CT molecular complexity index is 80.5. The molecule has 1 rings (SSSR count). The van der Waals surface area contributed by atoms with Crippen LogP contribution in [0.2, 0.25) is 0 Å². The third-order valence-corrected chi connectivity index (χ3v) is 0.667. The molecule has 0 radical (unpaired) electrons. The zero-order chi connectivity index (χ0) is 6.24. The number of benzene rings is 1. The molecule has 0 aliphatic heterocycles. The van der Waals surface area contributed by atoms with Gasteiger partial charge in [0.2, 0.25) is 0 Å². The van der Waals surface area contributed by atoms with Crippen LogP contribution in [0.1, 0.15) is 0 Å². The summed E-state index contributed by atoms with van der Waals surface area (Å²) in [6.45, 7) is 0. The fourth-order valence-electron chi connectivity index (χ4n) is 0.385. The summed E-state index contributed by atoms with van der Waals surface area (Å²) in [7, 11) is 0. The van der Waals surface area contributed by atoms with Gasteiger partial charge in [0, 0.05) is 16.1 Å². The third-order valence-electron chi connectivity index (χ3n) is 0.667. The number of hydrogen-bond donors (Lipinski definition) is 1. The Morgan fingerprint density at radius 1 is 0.625 bits per heavy atom. The van der Waals surface area contributed by atoms with E-state index >= 15 is 0 Å². The van der Waals surface area contributed by atoms with E-state index < -0.39 is 0 Å². The van der Waals surface area contributed by atoms with E-state index in [-0.39, 0.29) is 0 Å². The zero-order valence-electron chi connectivity index (χ0n) is 4.42. The predicted octanol–water partition coefficient (Wildman–Crippen LogP) is 1.94. The van der Waals surface area contributed by atoms with E-state index in [0.717, 1.165) is 0 Å². The van der Waals surface area contributed by atoms with Gasteiger partial charge in [0.1, 0.15) is 0 Å². The Kier molecular flexibility index (Phi) is 6.38. The molecule has 0 saturated heterocycles. The Hall–Kier alpha value is -0.340. The highest BCUT2D eigenvalue weighted by Crippen LogP contribution is 1.79. The largest absolute Gasteiger partial charge is 0.270 e. The van der Waals surface area contributed by atoms with Crippen molar-refractivity contribution in [3.63, 3.8) is 0 Å². The number of nitrogens with two attached hydrogens (primary N) is 1. The average molecular weight is 174 g/mol. The maximum absolute atomic E-state index is 4.31. The third kappa shape index (κ3) is 3.84. The predicted molar refractivity (Wildman–Crippen MR) is 39.6 cm³/mol. The normalized spacial score (nSPS) is 6.75. The summed E-state index contributed by atoms with van der Waals surface area (Å²) >= 11 is 2.44. The smallest absolute Gasteiger partial charge is 0.00554 e. The van der Waals surface area contributed by atoms with E-state index in [0.29, 0.717) is 0 Å². The first kappa shape index (κ1) is 7.66. The van der Waals surface area contributed by atoms with Crippen molar-refractivity contribution < 1.29 is 0 Å². The summed E-state index contributed by atoms with van der Waals surface area (Å²) in [5, 5.41) is 0. The molecular formula is C6H8BrN. The molecule has 2 heteroatoms. The molecule has 1 aromatic rings. The van der Waals surface area contributed by atoms with E-state index in [9.17, 15) is 0 Å². The van der Waals surface area contributed by atoms with Gasteiger partial charge in [-0.15, -0.1) is 0 Å². The molecule has 8 heavy (non-hydrogen) atoms. The van der Waals surface area contributed by atoms with Crippen LogP contribution in [-0.4, -0.2) is 0 Å². The fourth-order valence-corrected chi connectivity index (χ4v) is 0.385. The van der Waals surface area contributed by atoms with Crippen molar-refractivity contribution >= 4 is 16.1 Å². The van der Waals surface area contributed by atoms with Crippen molar-refractivity contribution in [2.45, 2.75) is 0 Å². The molecule has 2 N–H and O–H groups in total. The second-order valence-corrected chi connectivity index (χ2v) is 1.15. The minimum absolute atomic E-state index is 2.00. The lowest BCUT2D eigenvalue weighted by atomic mass is 10.4. The van der Waals surface area contributed by atoms with Gasteiger partial charge in [0.25, 0.3) is 0 Å². The molecule has 0 aromatic heterocycles. The highest BCUT2D eigenvalue weighted by atomic mass is 79.9. The van der Waals surface area contributed by atoms with Crippen molar-refractivity contribution in [3.05, 3.63) is 36.4 Å². The summed E-state index contributed by atoms with van der Waals surface area (Å²) in [6, 6.07) is 12.0. The van der Waals surface area contributed by atoms with Gasteiger partial charge < -0.3 is 0 Å². The molecule has 1 aromatic carbocycles. The SMILES string of the molecule is NBr.c1ccccc1. The Morgan fingerprint density at radius 3 is 0.875 bits per heavy atom. The molecule has 0 spiro atoms. The Balaban J connectivity index is 0.000000222. The minimum atomic E-state index is 2.00. The van der Waals surface area contributed by atoms with E-state index in [1.54, 1.807) is 0 Å². The van der Waals surface area contributed by atoms with Crippen LogP contribution in [0.4, 0.5) is 0 Å². The van der Waals surface area contributed by atoms with Crippen molar-refractivity contribution in [2.75, 3.05) is 0 Å². The summed E-state index contributed by atoms with van der Waals surface area (Å²) in [6.07, 6.45) is 0. The molecule has 0 aliphatic rings. The van der Waals surface area contributed by atoms with Crippen molar-refractivity contribution in [3.8, 4) is 0 Å². The fraction of sp³-hybridized carbons (Fsp3) is 0. The average Bonchev–Trinajstić information content (AvgIpc) is 1.96. The topological polar surface area (TPSA) is 26.0 Å². The van der Waals surface area contributed by atoms with Gasteiger partial charge in [-0.05, 0) is 0 Å². The van der Waals surface area contributed by atoms with Crippen LogP contribution in [-0.2, 0) is 0 Å². The lowest BCUT2D eigenvalue weighted by Crippen LogP contribution is -1.47. The van der Waals surface area contributed by atoms with E-state index in [2.05, 4.69) is 20.9 Å². The minimum Gasteiger partial charge on any atom is -0.270 e. The first-order chi connectivity index (χ1) is 4.00. The molecule has 44 valence electrons. The number of hydrogen-bond acceptors (Lipinski definition) is 1. The summed E-state index contributed by atoms with van der Waals surface area (Å²) in [5.41, 5.74) is 0. The molecule has 1 nitrogen and oxygen atoms in total. The quantitative estimate of drug-likeness (QED) is 0.597. The van der Waals surface area contributed by atoms with E-state index in [1.807, 2.05) is 36.4 Å². The van der Waals surface area contributed by atoms with Crippen LogP contribution in [0.15, 0.2) is 36.4 Å². The second-order valence-electron chi connectivity index (χ2n) is 1.15. The molecule has 0 bridgehead atoms. The van der Waals surface area contributed by atoms with Crippen LogP contribution >= 0.6 is 16.1 Å². The van der Waals surface area contributed by atoms with Gasteiger partial charge in [-0.1, -0.05) is 36.4 Å². The van der Waals surface area contributed by atoms with Gasteiger partial charge in [-0.2, -0.15) is 0 Å². The standard InChI is InChI=1S/C6H6.BrH2N/c1-2-4-6-5-3-1;1-2/h1-6H;2H2. The highest BCUT2D eigenvalue weighted by Gasteiger charge is 1.57. The van der Waals surface area contributed by atoms with Crippen LogP contribution in [0, 0.1) is 0 Å². The maximum Gasteiger partial charge on any atom is 0.00554 e. The molecule has 0 fully saturated rings. The van der Waals surface area contributed by atoms with Gasteiger partial charge in [0.05, 0.1) is 0 Å². The van der Waals surface area contributed by atoms with Gasteiger partial charge in [-0.3, -0.25) is 4.76 Å². The van der Waals surface area contributed by atoms with Gasteiger partial charge in [-0.25, -0.2) is 0 Å². The summed E-state index contributed by atoms with van der Waals surface area (Å²) in [5.74, 6) is 0. The first-order valence-electron chi connectivity index (χ1n) is 2.22.